The summed E-state index contributed by atoms with van der Waals surface area (Å²) >= 11 is 0. The van der Waals surface area contributed by atoms with Gasteiger partial charge < -0.3 is 15.1 Å². The minimum absolute atomic E-state index is 0.0973. The van der Waals surface area contributed by atoms with Crippen molar-refractivity contribution in [2.45, 2.75) is 32.2 Å². The molecular weight excluding hydrogens is 316 g/mol. The first-order chi connectivity index (χ1) is 10.9. The van der Waals surface area contributed by atoms with E-state index in [0.717, 1.165) is 58.7 Å². The number of rotatable bonds is 6. The molecule has 0 atom stereocenters. The molecule has 0 unspecified atom stereocenters. The Bertz CT molecular complexity index is 483. The van der Waals surface area contributed by atoms with Gasteiger partial charge in [0.25, 0.3) is 0 Å². The van der Waals surface area contributed by atoms with Gasteiger partial charge in [0.2, 0.25) is 15.9 Å². The predicted molar refractivity (Wildman–Crippen MR) is 90.8 cm³/mol. The number of piperazine rings is 1. The Morgan fingerprint density at radius 2 is 1.78 bits per heavy atom. The van der Waals surface area contributed by atoms with E-state index in [4.69, 9.17) is 0 Å². The second kappa shape index (κ2) is 8.41. The third-order valence-corrected chi connectivity index (χ3v) is 6.89. The molecule has 0 spiro atoms. The Labute approximate surface area is 140 Å². The molecule has 2 aliphatic rings. The van der Waals surface area contributed by atoms with Crippen LogP contribution in [-0.4, -0.2) is 93.1 Å². The molecule has 8 heteroatoms. The highest BCUT2D eigenvalue weighted by Crippen LogP contribution is 2.18. The first-order valence-electron chi connectivity index (χ1n) is 8.60. The van der Waals surface area contributed by atoms with Gasteiger partial charge in [-0.05, 0) is 32.9 Å². The summed E-state index contributed by atoms with van der Waals surface area (Å²) in [5.74, 6) is 0.391. The molecule has 2 rings (SSSR count). The van der Waals surface area contributed by atoms with Gasteiger partial charge in [-0.15, -0.1) is 0 Å². The van der Waals surface area contributed by atoms with Crippen molar-refractivity contribution in [3.8, 4) is 0 Å². The average molecular weight is 346 g/mol. The summed E-state index contributed by atoms with van der Waals surface area (Å²) in [7, 11) is -1.42. The SMILES string of the molecule is CCS(=O)(=O)N(C)C1CCN(CCC(=O)N2CCNCC2)CC1. The number of carbonyl (C=O) groups excluding carboxylic acids is 1. The fourth-order valence-electron chi connectivity index (χ4n) is 3.26. The Kier molecular flexibility index (Phi) is 6.82. The van der Waals surface area contributed by atoms with Crippen LogP contribution < -0.4 is 5.32 Å². The molecular formula is C15H30N4O3S. The van der Waals surface area contributed by atoms with Crippen LogP contribution in [-0.2, 0) is 14.8 Å². The topological polar surface area (TPSA) is 73.0 Å². The maximum absolute atomic E-state index is 12.2. The van der Waals surface area contributed by atoms with Crippen molar-refractivity contribution >= 4 is 15.9 Å². The summed E-state index contributed by atoms with van der Waals surface area (Å²) in [6.07, 6.45) is 2.25. The van der Waals surface area contributed by atoms with Crippen LogP contribution in [0.2, 0.25) is 0 Å². The number of carbonyl (C=O) groups is 1. The van der Waals surface area contributed by atoms with Crippen LogP contribution in [0.25, 0.3) is 0 Å². The number of nitrogens with one attached hydrogen (secondary N) is 1. The molecule has 134 valence electrons. The second-order valence-corrected chi connectivity index (χ2v) is 8.69. The smallest absolute Gasteiger partial charge is 0.223 e. The normalized spacial score (nSPS) is 21.8. The van der Waals surface area contributed by atoms with Crippen LogP contribution in [0, 0.1) is 0 Å². The Morgan fingerprint density at radius 3 is 2.35 bits per heavy atom. The summed E-state index contributed by atoms with van der Waals surface area (Å²) in [4.78, 5) is 16.4. The third-order valence-electron chi connectivity index (χ3n) is 4.99. The minimum atomic E-state index is -3.11. The fraction of sp³-hybridized carbons (Fsp3) is 0.933. The second-order valence-electron chi connectivity index (χ2n) is 6.37. The van der Waals surface area contributed by atoms with Gasteiger partial charge >= 0.3 is 0 Å². The van der Waals surface area contributed by atoms with Crippen molar-refractivity contribution in [2.75, 3.05) is 58.6 Å². The van der Waals surface area contributed by atoms with Crippen LogP contribution >= 0.6 is 0 Å². The van der Waals surface area contributed by atoms with E-state index in [-0.39, 0.29) is 17.7 Å². The number of nitrogens with zero attached hydrogens (tertiary/aromatic N) is 3. The average Bonchev–Trinajstić information content (AvgIpc) is 2.60. The van der Waals surface area contributed by atoms with Crippen molar-refractivity contribution < 1.29 is 13.2 Å². The number of amides is 1. The van der Waals surface area contributed by atoms with E-state index < -0.39 is 10.0 Å². The lowest BCUT2D eigenvalue weighted by Gasteiger charge is -2.36. The first kappa shape index (κ1) is 18.6. The van der Waals surface area contributed by atoms with Crippen molar-refractivity contribution in [3.63, 3.8) is 0 Å². The fourth-order valence-corrected chi connectivity index (χ4v) is 4.34. The Morgan fingerprint density at radius 1 is 1.17 bits per heavy atom. The molecule has 2 saturated heterocycles. The van der Waals surface area contributed by atoms with Gasteiger partial charge in [0, 0.05) is 52.2 Å². The van der Waals surface area contributed by atoms with Gasteiger partial charge in [0.05, 0.1) is 5.75 Å². The molecule has 1 N–H and O–H groups in total. The third kappa shape index (κ3) is 5.14. The van der Waals surface area contributed by atoms with E-state index in [1.807, 2.05) is 4.90 Å². The summed E-state index contributed by atoms with van der Waals surface area (Å²) in [5.41, 5.74) is 0. The molecule has 2 heterocycles. The molecule has 2 aliphatic heterocycles. The van der Waals surface area contributed by atoms with E-state index in [1.54, 1.807) is 14.0 Å². The molecule has 1 amide bonds. The van der Waals surface area contributed by atoms with Gasteiger partial charge in [-0.25, -0.2) is 12.7 Å². The molecule has 23 heavy (non-hydrogen) atoms. The number of hydrogen-bond donors (Lipinski definition) is 1. The standard InChI is InChI=1S/C15H30N4O3S/c1-3-23(21,22)17(2)14-4-9-18(10-5-14)11-6-15(20)19-12-7-16-8-13-19/h14,16H,3-13H2,1-2H3. The van der Waals surface area contributed by atoms with Crippen LogP contribution in [0.15, 0.2) is 0 Å². The monoisotopic (exact) mass is 346 g/mol. The van der Waals surface area contributed by atoms with Gasteiger partial charge in [-0.2, -0.15) is 0 Å². The molecule has 0 aromatic heterocycles. The Balaban J connectivity index is 1.71. The molecule has 0 aromatic carbocycles. The number of hydrogen-bond acceptors (Lipinski definition) is 5. The highest BCUT2D eigenvalue weighted by atomic mass is 32.2. The van der Waals surface area contributed by atoms with Crippen molar-refractivity contribution in [2.24, 2.45) is 0 Å². The molecule has 0 radical (unpaired) electrons. The van der Waals surface area contributed by atoms with E-state index in [0.29, 0.717) is 6.42 Å². The molecule has 0 bridgehead atoms. The van der Waals surface area contributed by atoms with Crippen molar-refractivity contribution in [1.29, 1.82) is 0 Å². The van der Waals surface area contributed by atoms with Crippen LogP contribution in [0.1, 0.15) is 26.2 Å². The summed E-state index contributed by atoms with van der Waals surface area (Å²) in [6, 6.07) is 0.0973. The minimum Gasteiger partial charge on any atom is -0.340 e. The van der Waals surface area contributed by atoms with E-state index in [9.17, 15) is 13.2 Å². The van der Waals surface area contributed by atoms with Gasteiger partial charge in [-0.1, -0.05) is 0 Å². The lowest BCUT2D eigenvalue weighted by molar-refractivity contribution is -0.132. The zero-order valence-corrected chi connectivity index (χ0v) is 15.1. The lowest BCUT2D eigenvalue weighted by atomic mass is 10.1. The van der Waals surface area contributed by atoms with E-state index >= 15 is 0 Å². The first-order valence-corrected chi connectivity index (χ1v) is 10.2. The quantitative estimate of drug-likeness (QED) is 0.706. The molecule has 2 fully saturated rings. The van der Waals surface area contributed by atoms with Crippen LogP contribution in [0.4, 0.5) is 0 Å². The lowest BCUT2D eigenvalue weighted by Crippen LogP contribution is -2.48. The van der Waals surface area contributed by atoms with E-state index in [1.165, 1.54) is 4.31 Å². The molecule has 0 saturated carbocycles. The Hall–Kier alpha value is -0.700. The largest absolute Gasteiger partial charge is 0.340 e. The predicted octanol–water partition coefficient (Wildman–Crippen LogP) is -0.446. The highest BCUT2D eigenvalue weighted by molar-refractivity contribution is 7.89. The summed E-state index contributed by atoms with van der Waals surface area (Å²) < 4.78 is 25.4. The molecule has 0 aliphatic carbocycles. The maximum atomic E-state index is 12.2. The number of piperidine rings is 1. The summed E-state index contributed by atoms with van der Waals surface area (Å²) in [6.45, 7) is 7.57. The summed E-state index contributed by atoms with van der Waals surface area (Å²) in [5, 5.41) is 3.25. The molecule has 7 nitrogen and oxygen atoms in total. The number of sulfonamides is 1. The van der Waals surface area contributed by atoms with Gasteiger partial charge in [0.1, 0.15) is 0 Å². The van der Waals surface area contributed by atoms with Crippen molar-refractivity contribution in [3.05, 3.63) is 0 Å². The van der Waals surface area contributed by atoms with E-state index in [2.05, 4.69) is 10.2 Å². The maximum Gasteiger partial charge on any atom is 0.223 e. The van der Waals surface area contributed by atoms with Crippen LogP contribution in [0.3, 0.4) is 0 Å². The van der Waals surface area contributed by atoms with Gasteiger partial charge in [0.15, 0.2) is 0 Å². The molecule has 0 aromatic rings. The van der Waals surface area contributed by atoms with Gasteiger partial charge in [-0.3, -0.25) is 4.79 Å². The van der Waals surface area contributed by atoms with Crippen molar-refractivity contribution in [1.82, 2.24) is 19.4 Å². The number of likely N-dealkylation sites (tertiary alicyclic amines) is 1. The zero-order valence-electron chi connectivity index (χ0n) is 14.3. The zero-order chi connectivity index (χ0) is 16.9. The van der Waals surface area contributed by atoms with Crippen LogP contribution in [0.5, 0.6) is 0 Å². The highest BCUT2D eigenvalue weighted by Gasteiger charge is 2.28.